The standard InChI is InChI=1S/C23H34N6O7/c1-5-16-18(34-14(3)31)19(35-15(4)32)22(36-16)29-12-26-17-20(29)27-23(28-21(17)33)25-11-9-7-6-8-10-24-13(2)30/h12,16,18-19,22H,5-11H2,1-4H3,(H,24,30)(H2,25,27,28,33)/t16-,18?,19+,22-/m1/s1. The second-order valence-electron chi connectivity index (χ2n) is 8.68. The first-order valence-corrected chi connectivity index (χ1v) is 12.2. The summed E-state index contributed by atoms with van der Waals surface area (Å²) in [6.45, 7) is 7.15. The van der Waals surface area contributed by atoms with E-state index < -0.39 is 42.0 Å². The first kappa shape index (κ1) is 27.1. The molecule has 1 aliphatic rings. The summed E-state index contributed by atoms with van der Waals surface area (Å²) in [5, 5.41) is 5.89. The Balaban J connectivity index is 1.74. The van der Waals surface area contributed by atoms with Gasteiger partial charge in [-0.2, -0.15) is 4.98 Å². The Hall–Kier alpha value is -3.48. The molecule has 1 unspecified atom stereocenters. The van der Waals surface area contributed by atoms with E-state index in [1.54, 1.807) is 0 Å². The molecular weight excluding hydrogens is 472 g/mol. The quantitative estimate of drug-likeness (QED) is 0.283. The van der Waals surface area contributed by atoms with E-state index in [2.05, 4.69) is 25.6 Å². The number of aromatic nitrogens is 4. The van der Waals surface area contributed by atoms with Gasteiger partial charge in [-0.05, 0) is 19.3 Å². The van der Waals surface area contributed by atoms with Gasteiger partial charge in [-0.25, -0.2) is 4.98 Å². The lowest BCUT2D eigenvalue weighted by molar-refractivity contribution is -0.165. The summed E-state index contributed by atoms with van der Waals surface area (Å²) in [7, 11) is 0. The third-order valence-electron chi connectivity index (χ3n) is 5.77. The van der Waals surface area contributed by atoms with Crippen molar-refractivity contribution in [2.24, 2.45) is 0 Å². The summed E-state index contributed by atoms with van der Waals surface area (Å²) >= 11 is 0. The molecule has 0 saturated carbocycles. The van der Waals surface area contributed by atoms with E-state index in [4.69, 9.17) is 14.2 Å². The molecule has 0 spiro atoms. The maximum Gasteiger partial charge on any atom is 0.303 e. The minimum absolute atomic E-state index is 0.0318. The van der Waals surface area contributed by atoms with Crippen molar-refractivity contribution in [1.29, 1.82) is 0 Å². The molecule has 1 fully saturated rings. The lowest BCUT2D eigenvalue weighted by Gasteiger charge is -2.23. The first-order chi connectivity index (χ1) is 17.2. The van der Waals surface area contributed by atoms with E-state index in [-0.39, 0.29) is 23.0 Å². The number of carbonyl (C=O) groups is 3. The molecule has 198 valence electrons. The Labute approximate surface area is 208 Å². The maximum atomic E-state index is 12.6. The van der Waals surface area contributed by atoms with Gasteiger partial charge in [0.05, 0.1) is 6.33 Å². The smallest absolute Gasteiger partial charge is 0.303 e. The molecule has 1 aliphatic heterocycles. The van der Waals surface area contributed by atoms with E-state index >= 15 is 0 Å². The van der Waals surface area contributed by atoms with E-state index in [9.17, 15) is 19.2 Å². The van der Waals surface area contributed by atoms with Gasteiger partial charge in [-0.3, -0.25) is 28.7 Å². The minimum atomic E-state index is -0.941. The van der Waals surface area contributed by atoms with Crippen molar-refractivity contribution in [3.8, 4) is 0 Å². The maximum absolute atomic E-state index is 12.6. The number of amides is 1. The number of nitrogens with one attached hydrogen (secondary N) is 3. The number of carbonyl (C=O) groups excluding carboxylic acids is 3. The average molecular weight is 507 g/mol. The molecule has 0 aliphatic carbocycles. The van der Waals surface area contributed by atoms with Crippen molar-refractivity contribution in [1.82, 2.24) is 24.8 Å². The first-order valence-electron chi connectivity index (χ1n) is 12.2. The van der Waals surface area contributed by atoms with Gasteiger partial charge < -0.3 is 24.8 Å². The summed E-state index contributed by atoms with van der Waals surface area (Å²) < 4.78 is 18.6. The topological polar surface area (TPSA) is 167 Å². The van der Waals surface area contributed by atoms with Gasteiger partial charge in [0.15, 0.2) is 29.6 Å². The molecule has 4 atom stereocenters. The number of imidazole rings is 1. The van der Waals surface area contributed by atoms with Crippen molar-refractivity contribution in [3.05, 3.63) is 16.7 Å². The number of unbranched alkanes of at least 4 members (excludes halogenated alkanes) is 3. The number of hydrogen-bond acceptors (Lipinski definition) is 10. The summed E-state index contributed by atoms with van der Waals surface area (Å²) in [6, 6.07) is 0. The van der Waals surface area contributed by atoms with Gasteiger partial charge in [0.1, 0.15) is 6.10 Å². The molecule has 36 heavy (non-hydrogen) atoms. The van der Waals surface area contributed by atoms with Crippen LogP contribution in [0.3, 0.4) is 0 Å². The third kappa shape index (κ3) is 6.80. The number of esters is 2. The highest BCUT2D eigenvalue weighted by Gasteiger charge is 2.49. The van der Waals surface area contributed by atoms with Crippen LogP contribution in [0.1, 0.15) is 66.0 Å². The highest BCUT2D eigenvalue weighted by atomic mass is 16.6. The number of nitrogens with zero attached hydrogens (tertiary/aromatic N) is 3. The summed E-state index contributed by atoms with van der Waals surface area (Å²) in [4.78, 5) is 58.4. The SMILES string of the molecule is CC[C@H]1O[C@@H](n2cnc3c(=O)[nH]c(NCCCCCCNC(C)=O)nc32)[C@@H](OC(C)=O)C1OC(C)=O. The van der Waals surface area contributed by atoms with Crippen LogP contribution in [0.4, 0.5) is 5.95 Å². The zero-order valence-electron chi connectivity index (χ0n) is 21.0. The molecule has 1 amide bonds. The van der Waals surface area contributed by atoms with Crippen LogP contribution in [0, 0.1) is 0 Å². The normalized spacial score (nSPS) is 21.3. The molecule has 2 aromatic rings. The van der Waals surface area contributed by atoms with Gasteiger partial charge in [-0.15, -0.1) is 0 Å². The fourth-order valence-electron chi connectivity index (χ4n) is 4.18. The molecular formula is C23H34N6O7. The van der Waals surface area contributed by atoms with E-state index in [0.717, 1.165) is 25.7 Å². The molecule has 3 N–H and O–H groups in total. The number of rotatable bonds is 12. The van der Waals surface area contributed by atoms with Crippen LogP contribution in [-0.2, 0) is 28.6 Å². The Bertz CT molecular complexity index is 1130. The molecule has 3 heterocycles. The van der Waals surface area contributed by atoms with E-state index in [0.29, 0.717) is 19.5 Å². The predicted molar refractivity (Wildman–Crippen MR) is 129 cm³/mol. The molecule has 0 aromatic carbocycles. The third-order valence-corrected chi connectivity index (χ3v) is 5.77. The number of H-pyrrole nitrogens is 1. The molecule has 1 saturated heterocycles. The summed E-state index contributed by atoms with van der Waals surface area (Å²) in [5.74, 6) is -0.836. The van der Waals surface area contributed by atoms with Crippen LogP contribution in [0.5, 0.6) is 0 Å². The van der Waals surface area contributed by atoms with E-state index in [1.807, 2.05) is 6.92 Å². The van der Waals surface area contributed by atoms with Crippen LogP contribution in [0.15, 0.2) is 11.1 Å². The van der Waals surface area contributed by atoms with Crippen molar-refractivity contribution < 1.29 is 28.6 Å². The molecule has 13 nitrogen and oxygen atoms in total. The van der Waals surface area contributed by atoms with Crippen molar-refractivity contribution in [2.75, 3.05) is 18.4 Å². The fourth-order valence-corrected chi connectivity index (χ4v) is 4.18. The Kier molecular flexibility index (Phi) is 9.39. The van der Waals surface area contributed by atoms with E-state index in [1.165, 1.54) is 31.7 Å². The van der Waals surface area contributed by atoms with Crippen LogP contribution in [0.25, 0.3) is 11.2 Å². The highest BCUT2D eigenvalue weighted by molar-refractivity contribution is 5.72. The van der Waals surface area contributed by atoms with Crippen LogP contribution in [0.2, 0.25) is 0 Å². The van der Waals surface area contributed by atoms with Gasteiger partial charge in [-0.1, -0.05) is 19.8 Å². The van der Waals surface area contributed by atoms with Crippen LogP contribution in [-0.4, -0.2) is 68.8 Å². The molecule has 3 rings (SSSR count). The Morgan fingerprint density at radius 1 is 1.06 bits per heavy atom. The van der Waals surface area contributed by atoms with Gasteiger partial charge in [0.25, 0.3) is 5.56 Å². The highest BCUT2D eigenvalue weighted by Crippen LogP contribution is 2.36. The lowest BCUT2D eigenvalue weighted by atomic mass is 10.1. The summed E-state index contributed by atoms with van der Waals surface area (Å²) in [5.41, 5.74) is -0.0770. The summed E-state index contributed by atoms with van der Waals surface area (Å²) in [6.07, 6.45) is 2.41. The van der Waals surface area contributed by atoms with Gasteiger partial charge in [0, 0.05) is 33.9 Å². The van der Waals surface area contributed by atoms with Crippen molar-refractivity contribution in [3.63, 3.8) is 0 Å². The molecule has 13 heteroatoms. The largest absolute Gasteiger partial charge is 0.456 e. The van der Waals surface area contributed by atoms with Crippen LogP contribution < -0.4 is 16.2 Å². The number of ether oxygens (including phenoxy) is 3. The fraction of sp³-hybridized carbons (Fsp3) is 0.652. The number of aromatic amines is 1. The number of hydrogen-bond donors (Lipinski definition) is 3. The van der Waals surface area contributed by atoms with Gasteiger partial charge >= 0.3 is 11.9 Å². The zero-order valence-corrected chi connectivity index (χ0v) is 21.0. The zero-order chi connectivity index (χ0) is 26.2. The Morgan fingerprint density at radius 3 is 2.36 bits per heavy atom. The average Bonchev–Trinajstić information content (AvgIpc) is 3.36. The molecule has 0 radical (unpaired) electrons. The van der Waals surface area contributed by atoms with Gasteiger partial charge in [0.2, 0.25) is 11.9 Å². The minimum Gasteiger partial charge on any atom is -0.456 e. The predicted octanol–water partition coefficient (Wildman–Crippen LogP) is 1.40. The second-order valence-corrected chi connectivity index (χ2v) is 8.68. The van der Waals surface area contributed by atoms with Crippen molar-refractivity contribution >= 4 is 35.0 Å². The molecule has 0 bridgehead atoms. The Morgan fingerprint density at radius 2 is 1.72 bits per heavy atom. The number of fused-ring (bicyclic) bond motifs is 1. The lowest BCUT2D eigenvalue weighted by Crippen LogP contribution is -2.38. The van der Waals surface area contributed by atoms with Crippen molar-refractivity contribution in [2.45, 2.75) is 84.3 Å². The second kappa shape index (κ2) is 12.5. The molecule has 2 aromatic heterocycles. The van der Waals surface area contributed by atoms with Crippen LogP contribution >= 0.6 is 0 Å². The monoisotopic (exact) mass is 506 g/mol. The number of anilines is 1.